The quantitative estimate of drug-likeness (QED) is 0.813. The van der Waals surface area contributed by atoms with Crippen molar-refractivity contribution in [3.05, 3.63) is 0 Å². The Morgan fingerprint density at radius 3 is 2.29 bits per heavy atom. The molecule has 0 bridgehead atoms. The van der Waals surface area contributed by atoms with Crippen LogP contribution in [0.3, 0.4) is 0 Å². The fourth-order valence-electron chi connectivity index (χ4n) is 3.99. The summed E-state index contributed by atoms with van der Waals surface area (Å²) in [5, 5.41) is 3.26. The van der Waals surface area contributed by atoms with Gasteiger partial charge in [-0.3, -0.25) is 4.79 Å². The summed E-state index contributed by atoms with van der Waals surface area (Å²) in [6.45, 7) is 5.24. The van der Waals surface area contributed by atoms with Crippen molar-refractivity contribution < 1.29 is 4.79 Å². The van der Waals surface area contributed by atoms with Gasteiger partial charge in [0.05, 0.1) is 0 Å². The van der Waals surface area contributed by atoms with E-state index in [-0.39, 0.29) is 12.4 Å². The molecule has 1 unspecified atom stereocenters. The largest absolute Gasteiger partial charge is 0.342 e. The molecule has 1 saturated carbocycles. The lowest BCUT2D eigenvalue weighted by Crippen LogP contribution is -2.43. The van der Waals surface area contributed by atoms with Crippen LogP contribution in [0.25, 0.3) is 0 Å². The Kier molecular flexibility index (Phi) is 8.65. The molecule has 1 saturated heterocycles. The number of carbonyl (C=O) groups excluding carboxylic acids is 1. The molecule has 4 heteroatoms. The Morgan fingerprint density at radius 1 is 1.14 bits per heavy atom. The third-order valence-electron chi connectivity index (χ3n) is 5.35. The lowest BCUT2D eigenvalue weighted by Gasteiger charge is -2.34. The van der Waals surface area contributed by atoms with Crippen molar-refractivity contribution in [3.63, 3.8) is 0 Å². The Labute approximate surface area is 136 Å². The fraction of sp³-hybridized carbons (Fsp3) is 0.941. The summed E-state index contributed by atoms with van der Waals surface area (Å²) in [4.78, 5) is 14.8. The van der Waals surface area contributed by atoms with Crippen molar-refractivity contribution in [3.8, 4) is 0 Å². The molecule has 1 aliphatic heterocycles. The maximum Gasteiger partial charge on any atom is 0.225 e. The zero-order chi connectivity index (χ0) is 14.4. The minimum absolute atomic E-state index is 0. The van der Waals surface area contributed by atoms with Gasteiger partial charge in [-0.15, -0.1) is 12.4 Å². The summed E-state index contributed by atoms with van der Waals surface area (Å²) in [6.07, 6.45) is 9.98. The number of rotatable bonds is 6. The van der Waals surface area contributed by atoms with Gasteiger partial charge >= 0.3 is 0 Å². The Bertz CT molecular complexity index is 297. The van der Waals surface area contributed by atoms with Crippen LogP contribution < -0.4 is 5.32 Å². The van der Waals surface area contributed by atoms with E-state index in [1.54, 1.807) is 0 Å². The van der Waals surface area contributed by atoms with E-state index < -0.39 is 0 Å². The number of nitrogens with zero attached hydrogens (tertiary/aromatic N) is 1. The van der Waals surface area contributed by atoms with Gasteiger partial charge in [-0.2, -0.15) is 0 Å². The maximum atomic E-state index is 12.7. The van der Waals surface area contributed by atoms with Gasteiger partial charge in [-0.25, -0.2) is 0 Å². The predicted octanol–water partition coefficient (Wildman–Crippen LogP) is 3.47. The van der Waals surface area contributed by atoms with E-state index in [4.69, 9.17) is 0 Å². The first-order chi connectivity index (χ1) is 9.74. The van der Waals surface area contributed by atoms with Crippen LogP contribution in [0.2, 0.25) is 0 Å². The minimum atomic E-state index is 0. The third-order valence-corrected chi connectivity index (χ3v) is 5.35. The number of carbonyl (C=O) groups is 1. The first-order valence-electron chi connectivity index (χ1n) is 8.68. The van der Waals surface area contributed by atoms with Gasteiger partial charge in [0.15, 0.2) is 0 Å². The van der Waals surface area contributed by atoms with Crippen LogP contribution in [0, 0.1) is 17.8 Å². The van der Waals surface area contributed by atoms with Crippen molar-refractivity contribution in [1.29, 1.82) is 0 Å². The molecule has 2 fully saturated rings. The number of piperidine rings is 1. The Hall–Kier alpha value is -0.280. The van der Waals surface area contributed by atoms with Gasteiger partial charge in [0.2, 0.25) is 5.91 Å². The molecule has 1 heterocycles. The molecular weight excluding hydrogens is 284 g/mol. The van der Waals surface area contributed by atoms with Crippen LogP contribution in [-0.2, 0) is 4.79 Å². The van der Waals surface area contributed by atoms with E-state index in [0.717, 1.165) is 44.3 Å². The number of hydrogen-bond donors (Lipinski definition) is 1. The van der Waals surface area contributed by atoms with Gasteiger partial charge in [-0.05, 0) is 51.1 Å². The molecular formula is C17H33ClN2O. The number of hydrogen-bond acceptors (Lipinski definition) is 2. The summed E-state index contributed by atoms with van der Waals surface area (Å²) in [7, 11) is 2.02. The zero-order valence-electron chi connectivity index (χ0n) is 13.8. The lowest BCUT2D eigenvalue weighted by molar-refractivity contribution is -0.137. The normalized spacial score (nSPS) is 22.1. The molecule has 2 rings (SSSR count). The molecule has 0 aromatic carbocycles. The van der Waals surface area contributed by atoms with Crippen molar-refractivity contribution in [2.24, 2.45) is 17.8 Å². The van der Waals surface area contributed by atoms with Crippen LogP contribution in [0.5, 0.6) is 0 Å². The highest BCUT2D eigenvalue weighted by molar-refractivity contribution is 5.85. The number of amides is 1. The molecule has 0 radical (unpaired) electrons. The SMILES string of the molecule is CCC(CC1CCCC1)C(=O)N1CCC(CNC)CC1.Cl. The predicted molar refractivity (Wildman–Crippen MR) is 90.8 cm³/mol. The molecule has 124 valence electrons. The maximum absolute atomic E-state index is 12.7. The van der Waals surface area contributed by atoms with E-state index in [2.05, 4.69) is 17.1 Å². The molecule has 21 heavy (non-hydrogen) atoms. The Balaban J connectivity index is 0.00000220. The average Bonchev–Trinajstić information content (AvgIpc) is 2.98. The molecule has 1 atom stereocenters. The van der Waals surface area contributed by atoms with Crippen molar-refractivity contribution in [2.75, 3.05) is 26.7 Å². The molecule has 0 spiro atoms. The van der Waals surface area contributed by atoms with Crippen molar-refractivity contribution in [2.45, 2.75) is 58.3 Å². The van der Waals surface area contributed by atoms with Crippen LogP contribution in [0.4, 0.5) is 0 Å². The molecule has 1 aliphatic carbocycles. The second-order valence-corrected chi connectivity index (χ2v) is 6.82. The summed E-state index contributed by atoms with van der Waals surface area (Å²) in [6, 6.07) is 0. The van der Waals surface area contributed by atoms with Gasteiger partial charge in [0, 0.05) is 19.0 Å². The summed E-state index contributed by atoms with van der Waals surface area (Å²) in [5.74, 6) is 2.32. The summed E-state index contributed by atoms with van der Waals surface area (Å²) < 4.78 is 0. The average molecular weight is 317 g/mol. The lowest BCUT2D eigenvalue weighted by atomic mass is 9.89. The van der Waals surface area contributed by atoms with Gasteiger partial charge in [0.1, 0.15) is 0 Å². The van der Waals surface area contributed by atoms with E-state index in [9.17, 15) is 4.79 Å². The molecule has 2 aliphatic rings. The van der Waals surface area contributed by atoms with E-state index in [0.29, 0.717) is 11.8 Å². The van der Waals surface area contributed by atoms with E-state index in [1.807, 2.05) is 7.05 Å². The second kappa shape index (κ2) is 9.68. The summed E-state index contributed by atoms with van der Waals surface area (Å²) >= 11 is 0. The first kappa shape index (κ1) is 18.8. The van der Waals surface area contributed by atoms with Crippen LogP contribution >= 0.6 is 12.4 Å². The van der Waals surface area contributed by atoms with Gasteiger partial charge in [-0.1, -0.05) is 32.6 Å². The smallest absolute Gasteiger partial charge is 0.225 e. The Morgan fingerprint density at radius 2 is 1.76 bits per heavy atom. The highest BCUT2D eigenvalue weighted by Crippen LogP contribution is 2.32. The van der Waals surface area contributed by atoms with Crippen LogP contribution in [-0.4, -0.2) is 37.5 Å². The molecule has 1 amide bonds. The van der Waals surface area contributed by atoms with E-state index >= 15 is 0 Å². The zero-order valence-corrected chi connectivity index (χ0v) is 14.6. The number of nitrogens with one attached hydrogen (secondary N) is 1. The molecule has 3 nitrogen and oxygen atoms in total. The number of likely N-dealkylation sites (tertiary alicyclic amines) is 1. The monoisotopic (exact) mass is 316 g/mol. The third kappa shape index (κ3) is 5.45. The van der Waals surface area contributed by atoms with Gasteiger partial charge < -0.3 is 10.2 Å². The second-order valence-electron chi connectivity index (χ2n) is 6.82. The highest BCUT2D eigenvalue weighted by Gasteiger charge is 2.29. The first-order valence-corrected chi connectivity index (χ1v) is 8.68. The van der Waals surface area contributed by atoms with Crippen LogP contribution in [0.1, 0.15) is 58.3 Å². The molecule has 1 N–H and O–H groups in total. The topological polar surface area (TPSA) is 32.3 Å². The highest BCUT2D eigenvalue weighted by atomic mass is 35.5. The minimum Gasteiger partial charge on any atom is -0.342 e. The van der Waals surface area contributed by atoms with Crippen molar-refractivity contribution >= 4 is 18.3 Å². The fourth-order valence-corrected chi connectivity index (χ4v) is 3.99. The number of halogens is 1. The van der Waals surface area contributed by atoms with E-state index in [1.165, 1.54) is 38.5 Å². The molecule has 0 aromatic heterocycles. The van der Waals surface area contributed by atoms with Gasteiger partial charge in [0.25, 0.3) is 0 Å². The standard InChI is InChI=1S/C17H32N2O.ClH/c1-3-16(12-14-6-4-5-7-14)17(20)19-10-8-15(9-11-19)13-18-2;/h14-16,18H,3-13H2,1-2H3;1H. The van der Waals surface area contributed by atoms with Crippen LogP contribution in [0.15, 0.2) is 0 Å². The van der Waals surface area contributed by atoms with Crippen molar-refractivity contribution in [1.82, 2.24) is 10.2 Å². The molecule has 0 aromatic rings. The summed E-state index contributed by atoms with van der Waals surface area (Å²) in [5.41, 5.74) is 0.